The van der Waals surface area contributed by atoms with Gasteiger partial charge in [0.1, 0.15) is 17.2 Å². The molecular formula is C25H29N3O4. The van der Waals surface area contributed by atoms with Crippen LogP contribution in [0.3, 0.4) is 0 Å². The van der Waals surface area contributed by atoms with Crippen molar-refractivity contribution in [3.8, 4) is 11.5 Å². The van der Waals surface area contributed by atoms with Crippen molar-refractivity contribution >= 4 is 23.1 Å². The van der Waals surface area contributed by atoms with Gasteiger partial charge in [-0.2, -0.15) is 0 Å². The molecule has 2 aliphatic heterocycles. The quantitative estimate of drug-likeness (QED) is 0.673. The maximum absolute atomic E-state index is 13.8. The van der Waals surface area contributed by atoms with E-state index >= 15 is 0 Å². The third-order valence-corrected chi connectivity index (χ3v) is 6.30. The number of hydrogen-bond donors (Lipinski definition) is 0. The molecule has 1 fully saturated rings. The first-order valence-corrected chi connectivity index (χ1v) is 10.7. The number of benzene rings is 2. The number of amides is 2. The topological polar surface area (TPSA) is 62.3 Å². The number of methoxy groups -OCH3 is 2. The van der Waals surface area contributed by atoms with E-state index in [1.807, 2.05) is 36.9 Å². The van der Waals surface area contributed by atoms with Gasteiger partial charge in [0, 0.05) is 32.2 Å². The summed E-state index contributed by atoms with van der Waals surface area (Å²) < 4.78 is 10.8. The van der Waals surface area contributed by atoms with Gasteiger partial charge in [0.2, 0.25) is 0 Å². The van der Waals surface area contributed by atoms with Gasteiger partial charge in [0.15, 0.2) is 0 Å². The minimum atomic E-state index is -0.337. The van der Waals surface area contributed by atoms with Gasteiger partial charge in [0.25, 0.3) is 11.8 Å². The van der Waals surface area contributed by atoms with Crippen LogP contribution in [0.4, 0.5) is 5.69 Å². The van der Waals surface area contributed by atoms with Crippen LogP contribution in [0.5, 0.6) is 11.5 Å². The molecule has 2 aromatic rings. The summed E-state index contributed by atoms with van der Waals surface area (Å²) in [4.78, 5) is 33.0. The first-order valence-electron chi connectivity index (χ1n) is 10.7. The lowest BCUT2D eigenvalue weighted by molar-refractivity contribution is -0.120. The summed E-state index contributed by atoms with van der Waals surface area (Å²) >= 11 is 0. The van der Waals surface area contributed by atoms with Crippen LogP contribution in [0.15, 0.2) is 42.1 Å². The molecule has 168 valence electrons. The molecule has 0 radical (unpaired) electrons. The first kappa shape index (κ1) is 21.9. The van der Waals surface area contributed by atoms with Crippen molar-refractivity contribution in [1.82, 2.24) is 9.80 Å². The Morgan fingerprint density at radius 3 is 2.16 bits per heavy atom. The molecule has 0 spiro atoms. The van der Waals surface area contributed by atoms with E-state index in [-0.39, 0.29) is 11.8 Å². The highest BCUT2D eigenvalue weighted by Crippen LogP contribution is 2.40. The third-order valence-electron chi connectivity index (χ3n) is 6.30. The summed E-state index contributed by atoms with van der Waals surface area (Å²) in [6.45, 7) is 7.08. The van der Waals surface area contributed by atoms with Crippen LogP contribution in [0.25, 0.3) is 5.57 Å². The van der Waals surface area contributed by atoms with Crippen LogP contribution in [-0.2, 0) is 9.59 Å². The highest BCUT2D eigenvalue weighted by Gasteiger charge is 2.44. The summed E-state index contributed by atoms with van der Waals surface area (Å²) in [5, 5.41) is 0. The second-order valence-corrected chi connectivity index (χ2v) is 8.30. The number of carbonyl (C=O) groups excluding carboxylic acids is 2. The maximum Gasteiger partial charge on any atom is 0.282 e. The fourth-order valence-corrected chi connectivity index (χ4v) is 4.19. The van der Waals surface area contributed by atoms with E-state index in [1.165, 1.54) is 12.0 Å². The number of likely N-dealkylation sites (N-methyl/N-ethyl adjacent to an activating group) is 1. The monoisotopic (exact) mass is 435 g/mol. The van der Waals surface area contributed by atoms with Gasteiger partial charge in [-0.3, -0.25) is 9.59 Å². The van der Waals surface area contributed by atoms with Crippen molar-refractivity contribution in [3.05, 3.63) is 58.8 Å². The number of anilines is 1. The molecule has 4 rings (SSSR count). The fraction of sp³-hybridized carbons (Fsp3) is 0.360. The second-order valence-electron chi connectivity index (χ2n) is 8.30. The summed E-state index contributed by atoms with van der Waals surface area (Å²) in [6.07, 6.45) is 0. The van der Waals surface area contributed by atoms with E-state index in [1.54, 1.807) is 25.3 Å². The molecule has 2 heterocycles. The summed E-state index contributed by atoms with van der Waals surface area (Å²) in [5.74, 6) is 0.336. The molecule has 7 heteroatoms. The van der Waals surface area contributed by atoms with Crippen LogP contribution < -0.4 is 14.4 Å². The lowest BCUT2D eigenvalue weighted by Crippen LogP contribution is -2.46. The summed E-state index contributed by atoms with van der Waals surface area (Å²) in [6, 6.07) is 11.0. The molecule has 2 amide bonds. The maximum atomic E-state index is 13.8. The largest absolute Gasteiger partial charge is 0.497 e. The molecule has 0 aliphatic carbocycles. The van der Waals surface area contributed by atoms with E-state index in [0.717, 1.165) is 29.8 Å². The van der Waals surface area contributed by atoms with Gasteiger partial charge in [-0.15, -0.1) is 0 Å². The number of nitrogens with zero attached hydrogens (tertiary/aromatic N) is 3. The van der Waals surface area contributed by atoms with Gasteiger partial charge < -0.3 is 19.3 Å². The van der Waals surface area contributed by atoms with Crippen molar-refractivity contribution in [3.63, 3.8) is 0 Å². The van der Waals surface area contributed by atoms with Gasteiger partial charge in [0.05, 0.1) is 25.5 Å². The number of piperazine rings is 1. The third kappa shape index (κ3) is 3.73. The number of hydrogen-bond acceptors (Lipinski definition) is 6. The molecule has 1 saturated heterocycles. The SMILES string of the molecule is COc1ccc(N2C(=O)C(c3ccc(C)c(C)c3)=C(N3CCN(C)CC3)C2=O)c(OC)c1. The lowest BCUT2D eigenvalue weighted by atomic mass is 9.99. The standard InChI is InChI=1S/C25H29N3O4/c1-16-6-7-18(14-17(16)2)22-23(27-12-10-26(3)11-13-27)25(30)28(24(22)29)20-9-8-19(31-4)15-21(20)32-5/h6-9,14-15H,10-13H2,1-5H3. The zero-order valence-electron chi connectivity index (χ0n) is 19.3. The molecule has 0 saturated carbocycles. The molecule has 0 aromatic heterocycles. The zero-order chi connectivity index (χ0) is 23.0. The van der Waals surface area contributed by atoms with Gasteiger partial charge >= 0.3 is 0 Å². The van der Waals surface area contributed by atoms with Crippen LogP contribution in [0.2, 0.25) is 0 Å². The normalized spacial score (nSPS) is 17.4. The Bertz CT molecular complexity index is 1100. The van der Waals surface area contributed by atoms with Crippen LogP contribution >= 0.6 is 0 Å². The van der Waals surface area contributed by atoms with E-state index in [4.69, 9.17) is 9.47 Å². The Balaban J connectivity index is 1.84. The molecule has 0 N–H and O–H groups in total. The minimum Gasteiger partial charge on any atom is -0.497 e. The van der Waals surface area contributed by atoms with Gasteiger partial charge in [-0.05, 0) is 49.7 Å². The highest BCUT2D eigenvalue weighted by atomic mass is 16.5. The van der Waals surface area contributed by atoms with E-state index in [0.29, 0.717) is 41.5 Å². The minimum absolute atomic E-state index is 0.323. The van der Waals surface area contributed by atoms with Crippen molar-refractivity contribution in [2.24, 2.45) is 0 Å². The molecule has 2 aromatic carbocycles. The predicted octanol–water partition coefficient (Wildman–Crippen LogP) is 2.85. The van der Waals surface area contributed by atoms with Gasteiger partial charge in [-0.25, -0.2) is 4.90 Å². The smallest absolute Gasteiger partial charge is 0.282 e. The number of rotatable bonds is 5. The molecule has 32 heavy (non-hydrogen) atoms. The van der Waals surface area contributed by atoms with Gasteiger partial charge in [-0.1, -0.05) is 18.2 Å². The van der Waals surface area contributed by atoms with Crippen LogP contribution in [-0.4, -0.2) is 69.1 Å². The van der Waals surface area contributed by atoms with Crippen molar-refractivity contribution in [2.45, 2.75) is 13.8 Å². The summed E-state index contributed by atoms with van der Waals surface area (Å²) in [7, 11) is 5.14. The molecule has 0 atom stereocenters. The average Bonchev–Trinajstić information content (AvgIpc) is 3.05. The number of imide groups is 1. The lowest BCUT2D eigenvalue weighted by Gasteiger charge is -2.34. The highest BCUT2D eigenvalue weighted by molar-refractivity contribution is 6.45. The molecule has 0 bridgehead atoms. The van der Waals surface area contributed by atoms with Crippen LogP contribution in [0, 0.1) is 13.8 Å². The molecule has 7 nitrogen and oxygen atoms in total. The van der Waals surface area contributed by atoms with E-state index in [9.17, 15) is 9.59 Å². The van der Waals surface area contributed by atoms with E-state index in [2.05, 4.69) is 11.9 Å². The van der Waals surface area contributed by atoms with E-state index < -0.39 is 0 Å². The zero-order valence-corrected chi connectivity index (χ0v) is 19.3. The summed E-state index contributed by atoms with van der Waals surface area (Å²) in [5.41, 5.74) is 4.29. The number of carbonyl (C=O) groups is 2. The Morgan fingerprint density at radius 1 is 0.812 bits per heavy atom. The second kappa shape index (κ2) is 8.67. The Hall–Kier alpha value is -3.32. The van der Waals surface area contributed by atoms with Crippen LogP contribution in [0.1, 0.15) is 16.7 Å². The molecular weight excluding hydrogens is 406 g/mol. The predicted molar refractivity (Wildman–Crippen MR) is 124 cm³/mol. The van der Waals surface area contributed by atoms with Crippen molar-refractivity contribution in [2.75, 3.05) is 52.3 Å². The Labute approximate surface area is 188 Å². The molecule has 2 aliphatic rings. The molecule has 0 unspecified atom stereocenters. The first-order chi connectivity index (χ1) is 15.3. The van der Waals surface area contributed by atoms with Crippen molar-refractivity contribution in [1.29, 1.82) is 0 Å². The Kier molecular flexibility index (Phi) is 5.93. The van der Waals surface area contributed by atoms with Crippen molar-refractivity contribution < 1.29 is 19.1 Å². The Morgan fingerprint density at radius 2 is 1.53 bits per heavy atom. The number of ether oxygens (including phenoxy) is 2. The number of aryl methyl sites for hydroxylation is 2. The average molecular weight is 436 g/mol. The fourth-order valence-electron chi connectivity index (χ4n) is 4.19.